The van der Waals surface area contributed by atoms with Crippen molar-refractivity contribution in [2.24, 2.45) is 0 Å². The zero-order valence-corrected chi connectivity index (χ0v) is 14.8. The third-order valence-corrected chi connectivity index (χ3v) is 4.52. The van der Waals surface area contributed by atoms with Gasteiger partial charge in [-0.15, -0.1) is 0 Å². The number of amides is 1. The molecule has 0 aliphatic carbocycles. The Bertz CT molecular complexity index is 898. The molecule has 0 aromatic heterocycles. The molecule has 0 unspecified atom stereocenters. The fourth-order valence-electron chi connectivity index (χ4n) is 3.19. The van der Waals surface area contributed by atoms with Crippen LogP contribution >= 0.6 is 0 Å². The lowest BCUT2D eigenvalue weighted by Crippen LogP contribution is -2.27. The summed E-state index contributed by atoms with van der Waals surface area (Å²) in [6.45, 7) is 5.80. The third kappa shape index (κ3) is 3.50. The van der Waals surface area contributed by atoms with E-state index in [9.17, 15) is 9.90 Å². The van der Waals surface area contributed by atoms with Crippen LogP contribution in [0.4, 0.5) is 0 Å². The van der Waals surface area contributed by atoms with E-state index in [0.717, 1.165) is 21.9 Å². The van der Waals surface area contributed by atoms with Gasteiger partial charge in [0.15, 0.2) is 0 Å². The molecule has 0 heterocycles. The summed E-state index contributed by atoms with van der Waals surface area (Å²) in [4.78, 5) is 11.8. The lowest BCUT2D eigenvalue weighted by molar-refractivity contribution is -0.119. The van der Waals surface area contributed by atoms with E-state index in [1.165, 1.54) is 12.5 Å². The Morgan fingerprint density at radius 3 is 2.20 bits per heavy atom. The van der Waals surface area contributed by atoms with Gasteiger partial charge in [-0.05, 0) is 33.9 Å². The molecule has 2 N–H and O–H groups in total. The maximum atomic E-state index is 11.8. The SMILES string of the molecule is CC(=O)N[C@H](c1ccc(C(C)C)cc1)c1c(O)ccc2ccccc12. The predicted molar refractivity (Wildman–Crippen MR) is 102 cm³/mol. The van der Waals surface area contributed by atoms with Crippen LogP contribution in [0.2, 0.25) is 0 Å². The Hall–Kier alpha value is -2.81. The molecular formula is C22H23NO2. The van der Waals surface area contributed by atoms with Crippen molar-refractivity contribution in [3.63, 3.8) is 0 Å². The van der Waals surface area contributed by atoms with Gasteiger partial charge in [-0.3, -0.25) is 4.79 Å². The first kappa shape index (κ1) is 17.0. The molecule has 0 spiro atoms. The monoisotopic (exact) mass is 333 g/mol. The predicted octanol–water partition coefficient (Wildman–Crippen LogP) is 4.89. The highest BCUT2D eigenvalue weighted by Crippen LogP contribution is 2.36. The fourth-order valence-corrected chi connectivity index (χ4v) is 3.19. The molecule has 0 bridgehead atoms. The molecule has 3 aromatic rings. The van der Waals surface area contributed by atoms with Gasteiger partial charge in [0.25, 0.3) is 0 Å². The second-order valence-corrected chi connectivity index (χ2v) is 6.67. The first-order valence-electron chi connectivity index (χ1n) is 8.55. The number of hydrogen-bond donors (Lipinski definition) is 2. The molecule has 0 aliphatic rings. The Kier molecular flexibility index (Phi) is 4.75. The van der Waals surface area contributed by atoms with Gasteiger partial charge in [0, 0.05) is 12.5 Å². The Morgan fingerprint density at radius 1 is 0.920 bits per heavy atom. The number of carbonyl (C=O) groups excluding carboxylic acids is 1. The highest BCUT2D eigenvalue weighted by atomic mass is 16.3. The Balaban J connectivity index is 2.17. The molecule has 0 saturated carbocycles. The normalized spacial score (nSPS) is 12.3. The molecule has 1 atom stereocenters. The molecular weight excluding hydrogens is 310 g/mol. The summed E-state index contributed by atoms with van der Waals surface area (Å²) in [5.74, 6) is 0.495. The van der Waals surface area contributed by atoms with E-state index in [-0.39, 0.29) is 11.7 Å². The molecule has 128 valence electrons. The summed E-state index contributed by atoms with van der Waals surface area (Å²) in [6, 6.07) is 19.3. The van der Waals surface area contributed by atoms with Crippen molar-refractivity contribution in [2.45, 2.75) is 32.7 Å². The molecule has 1 amide bonds. The number of nitrogens with one attached hydrogen (secondary N) is 1. The Morgan fingerprint density at radius 2 is 1.56 bits per heavy atom. The second kappa shape index (κ2) is 6.98. The van der Waals surface area contributed by atoms with Crippen molar-refractivity contribution in [1.82, 2.24) is 5.32 Å². The van der Waals surface area contributed by atoms with Gasteiger partial charge in [0.1, 0.15) is 5.75 Å². The van der Waals surface area contributed by atoms with Gasteiger partial charge in [-0.1, -0.05) is 68.4 Å². The summed E-state index contributed by atoms with van der Waals surface area (Å²) in [5, 5.41) is 15.5. The van der Waals surface area contributed by atoms with Gasteiger partial charge in [-0.2, -0.15) is 0 Å². The molecule has 0 aliphatic heterocycles. The van der Waals surface area contributed by atoms with Crippen LogP contribution in [0.5, 0.6) is 5.75 Å². The van der Waals surface area contributed by atoms with Crippen molar-refractivity contribution in [3.05, 3.63) is 77.4 Å². The molecule has 25 heavy (non-hydrogen) atoms. The van der Waals surface area contributed by atoms with Crippen molar-refractivity contribution in [3.8, 4) is 5.75 Å². The molecule has 0 radical (unpaired) electrons. The minimum absolute atomic E-state index is 0.134. The average molecular weight is 333 g/mol. The van der Waals surface area contributed by atoms with Crippen molar-refractivity contribution >= 4 is 16.7 Å². The summed E-state index contributed by atoms with van der Waals surface area (Å²) in [5.41, 5.74) is 2.92. The van der Waals surface area contributed by atoms with Gasteiger partial charge in [-0.25, -0.2) is 0 Å². The molecule has 3 nitrogen and oxygen atoms in total. The van der Waals surface area contributed by atoms with Crippen LogP contribution in [0.1, 0.15) is 49.4 Å². The summed E-state index contributed by atoms with van der Waals surface area (Å²) < 4.78 is 0. The zero-order valence-electron chi connectivity index (χ0n) is 14.8. The first-order valence-corrected chi connectivity index (χ1v) is 8.55. The molecule has 3 heteroatoms. The van der Waals surface area contributed by atoms with Gasteiger partial charge < -0.3 is 10.4 Å². The van der Waals surface area contributed by atoms with Crippen LogP contribution in [0.3, 0.4) is 0 Å². The van der Waals surface area contributed by atoms with Crippen molar-refractivity contribution in [2.75, 3.05) is 0 Å². The first-order chi connectivity index (χ1) is 12.0. The lowest BCUT2D eigenvalue weighted by atomic mass is 9.91. The summed E-state index contributed by atoms with van der Waals surface area (Å²) in [6.07, 6.45) is 0. The average Bonchev–Trinajstić information content (AvgIpc) is 2.60. The minimum atomic E-state index is -0.398. The van der Waals surface area contributed by atoms with E-state index in [2.05, 4.69) is 31.3 Å². The standard InChI is InChI=1S/C22H23NO2/c1-14(2)16-8-10-18(11-9-16)22(23-15(3)24)21-19-7-5-4-6-17(19)12-13-20(21)25/h4-14,22,25H,1-3H3,(H,23,24)/t22-/m1/s1. The van der Waals surface area contributed by atoms with E-state index in [1.54, 1.807) is 6.07 Å². The maximum Gasteiger partial charge on any atom is 0.217 e. The van der Waals surface area contributed by atoms with Crippen molar-refractivity contribution < 1.29 is 9.90 Å². The van der Waals surface area contributed by atoms with Crippen LogP contribution in [0.15, 0.2) is 60.7 Å². The number of aromatic hydroxyl groups is 1. The summed E-state index contributed by atoms with van der Waals surface area (Å²) >= 11 is 0. The maximum absolute atomic E-state index is 11.8. The van der Waals surface area contributed by atoms with Crippen LogP contribution in [0, 0.1) is 0 Å². The van der Waals surface area contributed by atoms with Gasteiger partial charge >= 0.3 is 0 Å². The molecule has 3 aromatic carbocycles. The highest BCUT2D eigenvalue weighted by Gasteiger charge is 2.21. The van der Waals surface area contributed by atoms with Gasteiger partial charge in [0.05, 0.1) is 6.04 Å². The topological polar surface area (TPSA) is 49.3 Å². The van der Waals surface area contributed by atoms with E-state index in [0.29, 0.717) is 5.92 Å². The van der Waals surface area contributed by atoms with Crippen LogP contribution in [-0.4, -0.2) is 11.0 Å². The molecule has 3 rings (SSSR count). The quantitative estimate of drug-likeness (QED) is 0.714. The van der Waals surface area contributed by atoms with Crippen LogP contribution in [0.25, 0.3) is 10.8 Å². The number of phenols is 1. The van der Waals surface area contributed by atoms with E-state index in [1.807, 2.05) is 42.5 Å². The number of carbonyl (C=O) groups is 1. The second-order valence-electron chi connectivity index (χ2n) is 6.67. The van der Waals surface area contributed by atoms with Crippen LogP contribution < -0.4 is 5.32 Å². The fraction of sp³-hybridized carbons (Fsp3) is 0.227. The lowest BCUT2D eigenvalue weighted by Gasteiger charge is -2.22. The number of fused-ring (bicyclic) bond motifs is 1. The van der Waals surface area contributed by atoms with E-state index in [4.69, 9.17) is 0 Å². The number of benzene rings is 3. The van der Waals surface area contributed by atoms with E-state index >= 15 is 0 Å². The summed E-state index contributed by atoms with van der Waals surface area (Å²) in [7, 11) is 0. The van der Waals surface area contributed by atoms with Gasteiger partial charge in [0.2, 0.25) is 5.91 Å². The minimum Gasteiger partial charge on any atom is -0.508 e. The third-order valence-electron chi connectivity index (χ3n) is 4.52. The molecule has 0 fully saturated rings. The smallest absolute Gasteiger partial charge is 0.217 e. The molecule has 0 saturated heterocycles. The number of rotatable bonds is 4. The van der Waals surface area contributed by atoms with E-state index < -0.39 is 6.04 Å². The number of phenolic OH excluding ortho intramolecular Hbond substituents is 1. The zero-order chi connectivity index (χ0) is 18.0. The highest BCUT2D eigenvalue weighted by molar-refractivity contribution is 5.89. The Labute approximate surface area is 148 Å². The largest absolute Gasteiger partial charge is 0.508 e. The number of hydrogen-bond acceptors (Lipinski definition) is 2. The van der Waals surface area contributed by atoms with Crippen LogP contribution in [-0.2, 0) is 4.79 Å². The van der Waals surface area contributed by atoms with Crippen molar-refractivity contribution in [1.29, 1.82) is 0 Å².